The number of hydrogen-bond acceptors (Lipinski definition) is 6. The van der Waals surface area contributed by atoms with E-state index in [4.69, 9.17) is 0 Å². The third kappa shape index (κ3) is 6.81. The van der Waals surface area contributed by atoms with Gasteiger partial charge in [0.15, 0.2) is 0 Å². The summed E-state index contributed by atoms with van der Waals surface area (Å²) in [4.78, 5) is 20.9. The molecule has 0 unspecified atom stereocenters. The summed E-state index contributed by atoms with van der Waals surface area (Å²) in [5.41, 5.74) is 2.48. The monoisotopic (exact) mass is 428 g/mol. The molecular formula is C21H22F2N6O2. The number of rotatable bonds is 8. The van der Waals surface area contributed by atoms with Gasteiger partial charge in [-0.15, -0.1) is 0 Å². The Hall–Kier alpha value is -3.95. The molecule has 0 atom stereocenters. The van der Waals surface area contributed by atoms with Crippen molar-refractivity contribution in [3.63, 3.8) is 0 Å². The highest BCUT2D eigenvalue weighted by Gasteiger charge is 2.08. The minimum atomic E-state index is -2.93. The van der Waals surface area contributed by atoms with Gasteiger partial charge in [-0.05, 0) is 50.2 Å². The number of halogens is 2. The number of hydrogen-bond donors (Lipinski definition) is 4. The predicted molar refractivity (Wildman–Crippen MR) is 116 cm³/mol. The average molecular weight is 428 g/mol. The molecule has 0 aliphatic rings. The number of alkyl halides is 2. The minimum Gasteiger partial charge on any atom is -0.435 e. The fourth-order valence-corrected chi connectivity index (χ4v) is 2.70. The second kappa shape index (κ2) is 10.2. The summed E-state index contributed by atoms with van der Waals surface area (Å²) in [6.45, 7) is 1.63. The first-order valence-corrected chi connectivity index (χ1v) is 9.51. The van der Waals surface area contributed by atoms with Crippen molar-refractivity contribution < 1.29 is 18.3 Å². The number of ether oxygens (including phenoxy) is 1. The summed E-state index contributed by atoms with van der Waals surface area (Å²) in [6.07, 6.45) is 0. The maximum Gasteiger partial charge on any atom is 0.387 e. The van der Waals surface area contributed by atoms with Crippen molar-refractivity contribution in [3.8, 4) is 5.75 Å². The topological polar surface area (TPSA) is 100 Å². The molecule has 0 aliphatic carbocycles. The fraction of sp³-hybridized carbons (Fsp3) is 0.190. The van der Waals surface area contributed by atoms with E-state index in [1.807, 2.05) is 19.9 Å². The van der Waals surface area contributed by atoms with Crippen molar-refractivity contribution >= 4 is 34.9 Å². The lowest BCUT2D eigenvalue weighted by Gasteiger charge is -2.11. The van der Waals surface area contributed by atoms with Gasteiger partial charge in [0.05, 0.1) is 0 Å². The van der Waals surface area contributed by atoms with Crippen molar-refractivity contribution in [1.29, 1.82) is 0 Å². The van der Waals surface area contributed by atoms with Crippen LogP contribution in [0.15, 0.2) is 54.6 Å². The molecule has 0 aliphatic heterocycles. The Kier molecular flexibility index (Phi) is 7.15. The Morgan fingerprint density at radius 2 is 1.71 bits per heavy atom. The van der Waals surface area contributed by atoms with Crippen molar-refractivity contribution in [2.75, 3.05) is 27.8 Å². The van der Waals surface area contributed by atoms with Gasteiger partial charge >= 0.3 is 12.6 Å². The second-order valence-electron chi connectivity index (χ2n) is 6.44. The summed E-state index contributed by atoms with van der Waals surface area (Å²) in [5.74, 6) is 1.15. The number of aryl methyl sites for hydroxylation is 1. The highest BCUT2D eigenvalue weighted by Crippen LogP contribution is 2.21. The molecule has 3 rings (SSSR count). The predicted octanol–water partition coefficient (Wildman–Crippen LogP) is 5.21. The zero-order chi connectivity index (χ0) is 22.2. The van der Waals surface area contributed by atoms with Crippen LogP contribution in [0, 0.1) is 6.92 Å². The van der Waals surface area contributed by atoms with Gasteiger partial charge in [-0.2, -0.15) is 13.8 Å². The molecule has 2 amide bonds. The van der Waals surface area contributed by atoms with Crippen LogP contribution in [0.5, 0.6) is 5.75 Å². The highest BCUT2D eigenvalue weighted by molar-refractivity contribution is 5.99. The molecule has 3 aromatic rings. The number of anilines is 5. The third-order valence-electron chi connectivity index (χ3n) is 3.92. The van der Waals surface area contributed by atoms with E-state index in [1.165, 1.54) is 18.2 Å². The van der Waals surface area contributed by atoms with Crippen molar-refractivity contribution in [3.05, 3.63) is 60.3 Å². The van der Waals surface area contributed by atoms with Gasteiger partial charge < -0.3 is 26.0 Å². The largest absolute Gasteiger partial charge is 0.435 e. The molecule has 162 valence electrons. The van der Waals surface area contributed by atoms with Crippen molar-refractivity contribution in [2.24, 2.45) is 0 Å². The molecule has 10 heteroatoms. The molecule has 1 heterocycles. The molecule has 0 fully saturated rings. The molecule has 0 saturated carbocycles. The van der Waals surface area contributed by atoms with E-state index < -0.39 is 12.6 Å². The summed E-state index contributed by atoms with van der Waals surface area (Å²) >= 11 is 0. The van der Waals surface area contributed by atoms with E-state index in [0.717, 1.165) is 17.9 Å². The van der Waals surface area contributed by atoms with Gasteiger partial charge in [0, 0.05) is 41.4 Å². The van der Waals surface area contributed by atoms with Crippen molar-refractivity contribution in [2.45, 2.75) is 20.5 Å². The molecule has 8 nitrogen and oxygen atoms in total. The van der Waals surface area contributed by atoms with Gasteiger partial charge in [-0.25, -0.2) is 9.78 Å². The van der Waals surface area contributed by atoms with Gasteiger partial charge in [0.25, 0.3) is 0 Å². The fourth-order valence-electron chi connectivity index (χ4n) is 2.70. The Morgan fingerprint density at radius 1 is 1.00 bits per heavy atom. The Bertz CT molecular complexity index is 1030. The summed E-state index contributed by atoms with van der Waals surface area (Å²) in [7, 11) is 0. The maximum atomic E-state index is 12.3. The van der Waals surface area contributed by atoms with Crippen LogP contribution in [-0.4, -0.2) is 29.2 Å². The number of amides is 2. The van der Waals surface area contributed by atoms with Crippen LogP contribution in [0.1, 0.15) is 12.6 Å². The smallest absolute Gasteiger partial charge is 0.387 e. The molecule has 0 bridgehead atoms. The van der Waals surface area contributed by atoms with Gasteiger partial charge in [-0.3, -0.25) is 0 Å². The first kappa shape index (κ1) is 21.8. The molecular weight excluding hydrogens is 406 g/mol. The number of benzene rings is 2. The van der Waals surface area contributed by atoms with Crippen LogP contribution < -0.4 is 26.0 Å². The number of nitrogens with one attached hydrogen (secondary N) is 4. The van der Waals surface area contributed by atoms with Gasteiger partial charge in [-0.1, -0.05) is 6.07 Å². The summed E-state index contributed by atoms with van der Waals surface area (Å²) < 4.78 is 28.9. The minimum absolute atomic E-state index is 0.0412. The molecule has 31 heavy (non-hydrogen) atoms. The number of carbonyl (C=O) groups excluding carboxylic acids is 1. The summed E-state index contributed by atoms with van der Waals surface area (Å²) in [6, 6.07) is 14.1. The Morgan fingerprint density at radius 3 is 2.42 bits per heavy atom. The van der Waals surface area contributed by atoms with E-state index >= 15 is 0 Å². The van der Waals surface area contributed by atoms with E-state index in [1.54, 1.807) is 30.3 Å². The van der Waals surface area contributed by atoms with Crippen LogP contribution in [0.25, 0.3) is 0 Å². The van der Waals surface area contributed by atoms with Gasteiger partial charge in [0.2, 0.25) is 5.95 Å². The number of carbonyl (C=O) groups is 1. The van der Waals surface area contributed by atoms with Crippen LogP contribution in [0.4, 0.5) is 42.4 Å². The zero-order valence-corrected chi connectivity index (χ0v) is 16.9. The average Bonchev–Trinajstić information content (AvgIpc) is 2.69. The number of aromatic nitrogens is 2. The molecule has 1 aromatic heterocycles. The van der Waals surface area contributed by atoms with Crippen LogP contribution in [0.3, 0.4) is 0 Å². The molecule has 2 aromatic carbocycles. The number of nitrogens with zero attached hydrogens (tertiary/aromatic N) is 2. The van der Waals surface area contributed by atoms with E-state index in [2.05, 4.69) is 36.0 Å². The molecule has 4 N–H and O–H groups in total. The highest BCUT2D eigenvalue weighted by atomic mass is 19.3. The lowest BCUT2D eigenvalue weighted by molar-refractivity contribution is -0.0497. The lowest BCUT2D eigenvalue weighted by atomic mass is 10.2. The van der Waals surface area contributed by atoms with E-state index in [-0.39, 0.29) is 5.75 Å². The number of urea groups is 1. The maximum absolute atomic E-state index is 12.3. The van der Waals surface area contributed by atoms with E-state index in [0.29, 0.717) is 23.1 Å². The Balaban J connectivity index is 1.59. The molecule has 0 spiro atoms. The quantitative estimate of drug-likeness (QED) is 0.393. The third-order valence-corrected chi connectivity index (χ3v) is 3.92. The molecule has 0 radical (unpaired) electrons. The zero-order valence-electron chi connectivity index (χ0n) is 16.9. The van der Waals surface area contributed by atoms with Crippen LogP contribution in [0.2, 0.25) is 0 Å². The SMILES string of the molecule is CCNc1nc(C)cc(Nc2ccc(NC(=O)Nc3cccc(OC(F)F)c3)cc2)n1. The van der Waals surface area contributed by atoms with E-state index in [9.17, 15) is 13.6 Å². The second-order valence-corrected chi connectivity index (χ2v) is 6.44. The van der Waals surface area contributed by atoms with Crippen molar-refractivity contribution in [1.82, 2.24) is 9.97 Å². The first-order chi connectivity index (χ1) is 14.9. The lowest BCUT2D eigenvalue weighted by Crippen LogP contribution is -2.19. The standard InChI is InChI=1S/C21H22F2N6O2/c1-3-24-20-25-13(2)11-18(29-20)26-14-7-9-15(10-8-14)27-21(30)28-16-5-4-6-17(12-16)31-19(22)23/h4-12,19H,3H2,1-2H3,(H2,27,28,30)(H2,24,25,26,29). The van der Waals surface area contributed by atoms with Crippen LogP contribution in [-0.2, 0) is 0 Å². The van der Waals surface area contributed by atoms with Gasteiger partial charge in [0.1, 0.15) is 11.6 Å². The first-order valence-electron chi connectivity index (χ1n) is 9.51. The normalized spacial score (nSPS) is 10.5. The van der Waals surface area contributed by atoms with Crippen LogP contribution >= 0.6 is 0 Å². The Labute approximate surface area is 178 Å². The molecule has 0 saturated heterocycles. The summed E-state index contributed by atoms with van der Waals surface area (Å²) in [5, 5.41) is 11.5.